The molecule has 1 aliphatic rings. The van der Waals surface area contributed by atoms with Crippen molar-refractivity contribution in [1.29, 1.82) is 0 Å². The second kappa shape index (κ2) is 9.31. The van der Waals surface area contributed by atoms with Crippen molar-refractivity contribution >= 4 is 33.2 Å². The van der Waals surface area contributed by atoms with Gasteiger partial charge in [0.25, 0.3) is 15.9 Å². The zero-order valence-corrected chi connectivity index (χ0v) is 16.9. The predicted octanol–water partition coefficient (Wildman–Crippen LogP) is 2.01. The van der Waals surface area contributed by atoms with E-state index in [1.807, 2.05) is 30.3 Å². The first-order valence-electron chi connectivity index (χ1n) is 8.98. The van der Waals surface area contributed by atoms with Crippen LogP contribution in [-0.2, 0) is 30.9 Å². The Kier molecular flexibility index (Phi) is 6.82. The van der Waals surface area contributed by atoms with Crippen LogP contribution in [-0.4, -0.2) is 44.3 Å². The van der Waals surface area contributed by atoms with Crippen LogP contribution in [0, 0.1) is 5.92 Å². The van der Waals surface area contributed by atoms with Crippen LogP contribution in [0.25, 0.3) is 0 Å². The number of sulfonamides is 1. The van der Waals surface area contributed by atoms with Gasteiger partial charge in [-0.25, -0.2) is 8.42 Å². The molecule has 1 saturated heterocycles. The molecule has 1 aliphatic heterocycles. The highest BCUT2D eigenvalue weighted by atomic mass is 32.2. The standard InChI is InChI=1S/C19H22N2O5S2/c22-17(20-12-15-6-2-1-3-7-15)14-26-19(23)16-8-4-10-21(13-16)28(24,25)18-9-5-11-27-18/h1-3,5-7,9,11,16H,4,8,10,12-14H2,(H,20,22). The average molecular weight is 423 g/mol. The molecule has 0 aliphatic carbocycles. The van der Waals surface area contributed by atoms with Crippen molar-refractivity contribution in [1.82, 2.24) is 9.62 Å². The SMILES string of the molecule is O=C(COC(=O)C1CCCN(S(=O)(=O)c2cccs2)C1)NCc1ccccc1. The topological polar surface area (TPSA) is 92.8 Å². The minimum absolute atomic E-state index is 0.0741. The molecule has 1 N–H and O–H groups in total. The number of amides is 1. The van der Waals surface area contributed by atoms with Gasteiger partial charge in [-0.3, -0.25) is 9.59 Å². The van der Waals surface area contributed by atoms with E-state index in [9.17, 15) is 18.0 Å². The van der Waals surface area contributed by atoms with Crippen LogP contribution in [0.5, 0.6) is 0 Å². The van der Waals surface area contributed by atoms with Crippen LogP contribution in [0.15, 0.2) is 52.1 Å². The van der Waals surface area contributed by atoms with Crippen LogP contribution >= 0.6 is 11.3 Å². The van der Waals surface area contributed by atoms with Crippen LogP contribution in [0.4, 0.5) is 0 Å². The van der Waals surface area contributed by atoms with Crippen molar-refractivity contribution in [3.8, 4) is 0 Å². The van der Waals surface area contributed by atoms with Gasteiger partial charge in [-0.2, -0.15) is 4.31 Å². The van der Waals surface area contributed by atoms with Crippen LogP contribution < -0.4 is 5.32 Å². The van der Waals surface area contributed by atoms with E-state index >= 15 is 0 Å². The molecule has 9 heteroatoms. The largest absolute Gasteiger partial charge is 0.455 e. The fourth-order valence-electron chi connectivity index (χ4n) is 2.99. The third-order valence-electron chi connectivity index (χ3n) is 4.48. The van der Waals surface area contributed by atoms with Crippen molar-refractivity contribution in [2.24, 2.45) is 5.92 Å². The number of ether oxygens (including phenoxy) is 1. The summed E-state index contributed by atoms with van der Waals surface area (Å²) in [6, 6.07) is 12.6. The summed E-state index contributed by atoms with van der Waals surface area (Å²) < 4.78 is 31.9. The lowest BCUT2D eigenvalue weighted by atomic mass is 10.00. The van der Waals surface area contributed by atoms with Crippen LogP contribution in [0.2, 0.25) is 0 Å². The molecule has 1 aromatic heterocycles. The molecule has 1 atom stereocenters. The van der Waals surface area contributed by atoms with Gasteiger partial charge in [-0.15, -0.1) is 11.3 Å². The number of hydrogen-bond acceptors (Lipinski definition) is 6. The van der Waals surface area contributed by atoms with Gasteiger partial charge in [0.15, 0.2) is 6.61 Å². The van der Waals surface area contributed by atoms with Crippen LogP contribution in [0.3, 0.4) is 0 Å². The smallest absolute Gasteiger partial charge is 0.310 e. The summed E-state index contributed by atoms with van der Waals surface area (Å²) >= 11 is 1.15. The summed E-state index contributed by atoms with van der Waals surface area (Å²) in [4.78, 5) is 24.2. The Morgan fingerprint density at radius 3 is 2.68 bits per heavy atom. The Labute approximate surface area is 168 Å². The van der Waals surface area contributed by atoms with Gasteiger partial charge in [-0.05, 0) is 29.9 Å². The Morgan fingerprint density at radius 2 is 1.96 bits per heavy atom. The molecule has 0 spiro atoms. The number of nitrogens with zero attached hydrogens (tertiary/aromatic N) is 1. The lowest BCUT2D eigenvalue weighted by Gasteiger charge is -2.30. The highest BCUT2D eigenvalue weighted by molar-refractivity contribution is 7.91. The fraction of sp³-hybridized carbons (Fsp3) is 0.368. The Hall–Kier alpha value is -2.23. The molecule has 150 valence electrons. The minimum atomic E-state index is -3.59. The number of carbonyl (C=O) groups excluding carboxylic acids is 2. The molecule has 0 saturated carbocycles. The number of piperidine rings is 1. The minimum Gasteiger partial charge on any atom is -0.455 e. The van der Waals surface area contributed by atoms with Crippen molar-refractivity contribution in [2.45, 2.75) is 23.6 Å². The molecule has 2 aromatic rings. The maximum absolute atomic E-state index is 12.6. The zero-order valence-electron chi connectivity index (χ0n) is 15.2. The van der Waals surface area contributed by atoms with E-state index in [0.717, 1.165) is 16.9 Å². The molecular weight excluding hydrogens is 400 g/mol. The van der Waals surface area contributed by atoms with Gasteiger partial charge in [0, 0.05) is 19.6 Å². The second-order valence-electron chi connectivity index (χ2n) is 6.50. The molecule has 1 amide bonds. The molecule has 2 heterocycles. The first-order chi connectivity index (χ1) is 13.5. The molecule has 0 bridgehead atoms. The van der Waals surface area contributed by atoms with Crippen molar-refractivity contribution in [3.63, 3.8) is 0 Å². The summed E-state index contributed by atoms with van der Waals surface area (Å²) in [5.74, 6) is -1.50. The first kappa shape index (κ1) is 20.5. The third-order valence-corrected chi connectivity index (χ3v) is 7.72. The van der Waals surface area contributed by atoms with Crippen molar-refractivity contribution in [3.05, 3.63) is 53.4 Å². The number of benzene rings is 1. The normalized spacial score (nSPS) is 17.8. The summed E-state index contributed by atoms with van der Waals surface area (Å²) in [6.07, 6.45) is 1.12. The van der Waals surface area contributed by atoms with Crippen molar-refractivity contribution in [2.75, 3.05) is 19.7 Å². The number of esters is 1. The first-order valence-corrected chi connectivity index (χ1v) is 11.3. The maximum atomic E-state index is 12.6. The lowest BCUT2D eigenvalue weighted by molar-refractivity contribution is -0.153. The molecule has 1 fully saturated rings. The molecular formula is C19H22N2O5S2. The lowest BCUT2D eigenvalue weighted by Crippen LogP contribution is -2.43. The third kappa shape index (κ3) is 5.18. The number of carbonyl (C=O) groups is 2. The van der Waals surface area contributed by atoms with E-state index in [0.29, 0.717) is 25.9 Å². The van der Waals surface area contributed by atoms with Gasteiger partial charge in [-0.1, -0.05) is 36.4 Å². The molecule has 7 nitrogen and oxygen atoms in total. The Bertz CT molecular complexity index is 898. The molecule has 0 radical (unpaired) electrons. The molecule has 1 unspecified atom stereocenters. The van der Waals surface area contributed by atoms with Crippen molar-refractivity contribution < 1.29 is 22.7 Å². The van der Waals surface area contributed by atoms with Gasteiger partial charge >= 0.3 is 5.97 Å². The zero-order chi connectivity index (χ0) is 20.0. The number of thiophene rings is 1. The molecule has 1 aromatic carbocycles. The van der Waals surface area contributed by atoms with E-state index in [4.69, 9.17) is 4.74 Å². The van der Waals surface area contributed by atoms with Gasteiger partial charge in [0.1, 0.15) is 4.21 Å². The van der Waals surface area contributed by atoms with Gasteiger partial charge < -0.3 is 10.1 Å². The monoisotopic (exact) mass is 422 g/mol. The van der Waals surface area contributed by atoms with Gasteiger partial charge in [0.2, 0.25) is 0 Å². The average Bonchev–Trinajstić information content (AvgIpc) is 3.27. The van der Waals surface area contributed by atoms with E-state index in [-0.39, 0.29) is 17.4 Å². The molecule has 28 heavy (non-hydrogen) atoms. The molecule has 3 rings (SSSR count). The number of hydrogen-bond donors (Lipinski definition) is 1. The Balaban J connectivity index is 1.48. The number of nitrogens with one attached hydrogen (secondary N) is 1. The highest BCUT2D eigenvalue weighted by Gasteiger charge is 2.34. The van der Waals surface area contributed by atoms with Gasteiger partial charge in [0.05, 0.1) is 5.92 Å². The Morgan fingerprint density at radius 1 is 1.18 bits per heavy atom. The summed E-state index contributed by atoms with van der Waals surface area (Å²) in [5, 5.41) is 4.39. The maximum Gasteiger partial charge on any atom is 0.310 e. The number of rotatable bonds is 7. The van der Waals surface area contributed by atoms with E-state index in [1.165, 1.54) is 4.31 Å². The van der Waals surface area contributed by atoms with Crippen LogP contribution in [0.1, 0.15) is 18.4 Å². The van der Waals surface area contributed by atoms with E-state index in [2.05, 4.69) is 5.32 Å². The van der Waals surface area contributed by atoms with E-state index in [1.54, 1.807) is 17.5 Å². The quantitative estimate of drug-likeness (QED) is 0.689. The predicted molar refractivity (Wildman–Crippen MR) is 105 cm³/mol. The van der Waals surface area contributed by atoms with E-state index < -0.39 is 27.8 Å². The second-order valence-corrected chi connectivity index (χ2v) is 9.62. The summed E-state index contributed by atoms with van der Waals surface area (Å²) in [7, 11) is -3.59. The summed E-state index contributed by atoms with van der Waals surface area (Å²) in [6.45, 7) is 0.430. The fourth-order valence-corrected chi connectivity index (χ4v) is 5.66. The summed E-state index contributed by atoms with van der Waals surface area (Å²) in [5.41, 5.74) is 0.948. The highest BCUT2D eigenvalue weighted by Crippen LogP contribution is 2.26.